The highest BCUT2D eigenvalue weighted by atomic mass is 19.1. The molecule has 0 aromatic heterocycles. The van der Waals surface area contributed by atoms with Crippen molar-refractivity contribution in [2.24, 2.45) is 5.41 Å². The number of nitrogens with zero attached hydrogens (tertiary/aromatic N) is 1. The molecule has 4 heterocycles. The highest BCUT2D eigenvalue weighted by Crippen LogP contribution is 2.31. The predicted octanol–water partition coefficient (Wildman–Crippen LogP) is -2.79. The molecule has 4 aliphatic heterocycles. The number of aliphatic hydroxyl groups is 9. The minimum absolute atomic E-state index is 0.0326. The monoisotopic (exact) mass is 1750 g/mol. The van der Waals surface area contributed by atoms with E-state index in [1.807, 2.05) is 0 Å². The van der Waals surface area contributed by atoms with Crippen LogP contribution in [0, 0.1) is 5.41 Å². The van der Waals surface area contributed by atoms with E-state index >= 15 is 0 Å². The van der Waals surface area contributed by atoms with Gasteiger partial charge in [0.2, 0.25) is 65.0 Å². The van der Waals surface area contributed by atoms with Gasteiger partial charge in [0.1, 0.15) is 84.8 Å². The number of carbonyl (C=O) groups excluding carboxylic acids is 11. The van der Waals surface area contributed by atoms with E-state index in [2.05, 4.69) is 73.9 Å². The molecule has 0 spiro atoms. The number of rotatable bonds is 63. The van der Waals surface area contributed by atoms with Gasteiger partial charge in [-0.3, -0.25) is 52.7 Å². The summed E-state index contributed by atoms with van der Waals surface area (Å²) >= 11 is 0. The molecule has 4 saturated heterocycles. The van der Waals surface area contributed by atoms with Gasteiger partial charge < -0.3 is 147 Å². The molecule has 40 nitrogen and oxygen atoms in total. The summed E-state index contributed by atoms with van der Waals surface area (Å²) in [5.41, 5.74) is -1.39. The largest absolute Gasteiger partial charge is 0.394 e. The van der Waals surface area contributed by atoms with Crippen molar-refractivity contribution in [1.82, 2.24) is 58.1 Å². The summed E-state index contributed by atoms with van der Waals surface area (Å²) in [6.45, 7) is 8.69. The van der Waals surface area contributed by atoms with Crippen LogP contribution in [0.4, 0.5) is 4.39 Å². The third-order valence-electron chi connectivity index (χ3n) is 20.9. The third kappa shape index (κ3) is 43.5. The molecule has 0 aromatic rings. The van der Waals surface area contributed by atoms with Gasteiger partial charge in [-0.1, -0.05) is 46.5 Å². The molecule has 4 fully saturated rings. The number of alkyl halides is 1. The quantitative estimate of drug-likeness (QED) is 0.0274. The smallest absolute Gasteiger partial charge is 0.222 e. The number of amides is 11. The van der Waals surface area contributed by atoms with E-state index in [1.54, 1.807) is 4.90 Å². The fourth-order valence-corrected chi connectivity index (χ4v) is 14.1. The molecule has 0 radical (unpaired) electrons. The van der Waals surface area contributed by atoms with Crippen molar-refractivity contribution < 1.29 is 146 Å². The Morgan fingerprint density at radius 3 is 0.992 bits per heavy atom. The number of likely N-dealkylation sites (tertiary alicyclic amines) is 1. The molecule has 122 heavy (non-hydrogen) atoms. The second-order valence-corrected chi connectivity index (χ2v) is 32.9. The first-order valence-electron chi connectivity index (χ1n) is 43.3. The van der Waals surface area contributed by atoms with E-state index in [1.165, 1.54) is 20.8 Å². The van der Waals surface area contributed by atoms with Crippen molar-refractivity contribution in [2.75, 3.05) is 125 Å². The van der Waals surface area contributed by atoms with E-state index in [9.17, 15) is 103 Å². The van der Waals surface area contributed by atoms with Crippen LogP contribution in [0.2, 0.25) is 0 Å². The van der Waals surface area contributed by atoms with E-state index in [0.29, 0.717) is 89.9 Å². The number of carbonyl (C=O) groups is 11. The second-order valence-electron chi connectivity index (χ2n) is 32.9. The maximum absolute atomic E-state index is 14.6. The van der Waals surface area contributed by atoms with Gasteiger partial charge in [0.15, 0.2) is 18.9 Å². The van der Waals surface area contributed by atoms with Gasteiger partial charge in [-0.2, -0.15) is 0 Å². The zero-order chi connectivity index (χ0) is 90.0. The molecular formula is C81H144FN11O29. The van der Waals surface area contributed by atoms with Crippen LogP contribution in [0.25, 0.3) is 0 Å². The summed E-state index contributed by atoms with van der Waals surface area (Å²) < 4.78 is 66.8. The van der Waals surface area contributed by atoms with Crippen molar-refractivity contribution in [1.29, 1.82) is 0 Å². The van der Waals surface area contributed by atoms with Gasteiger partial charge in [0.25, 0.3) is 0 Å². The minimum Gasteiger partial charge on any atom is -0.394 e. The highest BCUT2D eigenvalue weighted by molar-refractivity contribution is 5.79. The lowest BCUT2D eigenvalue weighted by Crippen LogP contribution is -2.64. The molecule has 0 aromatic carbocycles. The molecule has 19 N–H and O–H groups in total. The van der Waals surface area contributed by atoms with Crippen molar-refractivity contribution in [3.8, 4) is 0 Å². The molecule has 704 valence electrons. The van der Waals surface area contributed by atoms with E-state index in [4.69, 9.17) is 42.6 Å². The normalized spacial score (nSPS) is 25.2. The summed E-state index contributed by atoms with van der Waals surface area (Å²) in [6, 6.07) is -3.41. The van der Waals surface area contributed by atoms with Gasteiger partial charge in [0, 0.05) is 144 Å². The number of hydrogen-bond donors (Lipinski definition) is 19. The number of ether oxygens (including phenoxy) is 9. The van der Waals surface area contributed by atoms with Crippen molar-refractivity contribution >= 4 is 65.0 Å². The Balaban J connectivity index is 1.31. The average molecular weight is 1760 g/mol. The summed E-state index contributed by atoms with van der Waals surface area (Å²) in [5.74, 6) is -3.83. The second kappa shape index (κ2) is 60.1. The Kier molecular flexibility index (Phi) is 53.1. The molecule has 4 aliphatic rings. The van der Waals surface area contributed by atoms with E-state index < -0.39 is 147 Å². The van der Waals surface area contributed by atoms with Crippen LogP contribution in [0.1, 0.15) is 208 Å². The predicted molar refractivity (Wildman–Crippen MR) is 435 cm³/mol. The first kappa shape index (κ1) is 108. The number of aliphatic hydroxyl groups excluding tert-OH is 9. The van der Waals surface area contributed by atoms with Crippen LogP contribution in [0.15, 0.2) is 0 Å². The summed E-state index contributed by atoms with van der Waals surface area (Å²) in [7, 11) is 0. The Morgan fingerprint density at radius 1 is 0.385 bits per heavy atom. The maximum Gasteiger partial charge on any atom is 0.222 e. The average Bonchev–Trinajstić information content (AvgIpc) is 0.905. The van der Waals surface area contributed by atoms with Gasteiger partial charge in [-0.15, -0.1) is 0 Å². The van der Waals surface area contributed by atoms with Gasteiger partial charge in [-0.05, 0) is 88.9 Å². The standard InChI is InChI=1S/C81H144FN11O29/c1-52(97)89-68-74(111)71(108)57(46-94)120-77(68)117-38-16-13-22-60(100)83-32-19-35-86-63(103)28-41-114-49-81(92-66(106)25-11-9-7-8-10-12-26-67(107)93-45-55(82)44-56(93)27-31-80(4,5)6,50-115-42-29-64(104)87-36-20-33-84-61(101)23-14-17-39-118-78-69(90-53(2)98)75(112)72(109)58(47-95)121-78)51-116-43-30-65(105)88-37-21-34-85-62(102)24-15-18-40-119-79-70(91-54(3)99)76(113)73(110)59(48-96)122-79/h55-59,68-79,94-96,108-113H,7-51H2,1-6H3,(H,83,100)(H,84,101)(H,85,102)(H,86,103)(H,87,104)(H,88,105)(H,89,97)(H,90,98)(H,91,99)(H,92,106)/t55?,56-,57?,58?,59?,68?,69?,70?,71?,72?,73?,74?,75?,76?,77?,78?,79?,81?/m1/s1. The Labute approximate surface area is 714 Å². The van der Waals surface area contributed by atoms with Crippen LogP contribution < -0.4 is 53.2 Å². The van der Waals surface area contributed by atoms with Gasteiger partial charge in [-0.25, -0.2) is 4.39 Å². The third-order valence-corrected chi connectivity index (χ3v) is 20.9. The number of unbranched alkanes of at least 4 members (excludes halogenated alkanes) is 8. The summed E-state index contributed by atoms with van der Waals surface area (Å²) in [5, 5.41) is 118. The zero-order valence-electron chi connectivity index (χ0n) is 72.1. The van der Waals surface area contributed by atoms with Crippen LogP contribution >= 0.6 is 0 Å². The van der Waals surface area contributed by atoms with Crippen molar-refractivity contribution in [3.05, 3.63) is 0 Å². The SMILES string of the molecule is CC(=O)NC1C(OCCCCC(=O)NCCCNC(=O)CCOCC(COCCC(=O)NCCCNC(=O)CCCCOC2OC(CO)C(O)C(O)C2NC(C)=O)(COCCC(=O)NCCCNC(=O)CCCCOC2OC(CO)C(O)C(O)C2NC(C)=O)NC(=O)CCCCCCCCC(=O)N2CC(F)C[C@H]2CCC(C)(C)C)OC(CO)C(O)C1O. The van der Waals surface area contributed by atoms with E-state index in [-0.39, 0.29) is 203 Å². The fourth-order valence-electron chi connectivity index (χ4n) is 14.1. The molecule has 16 unspecified atom stereocenters. The Morgan fingerprint density at radius 2 is 0.680 bits per heavy atom. The van der Waals surface area contributed by atoms with Crippen LogP contribution in [-0.4, -0.2) is 351 Å². The van der Waals surface area contributed by atoms with Crippen LogP contribution in [-0.2, 0) is 95.4 Å². The number of hydrogen-bond acceptors (Lipinski definition) is 29. The maximum atomic E-state index is 14.6. The molecule has 11 amide bonds. The van der Waals surface area contributed by atoms with Gasteiger partial charge in [0.05, 0.1) is 66.0 Å². The molecule has 0 saturated carbocycles. The molecule has 41 heteroatoms. The molecule has 0 aliphatic carbocycles. The van der Waals surface area contributed by atoms with Crippen molar-refractivity contribution in [2.45, 2.75) is 318 Å². The number of halogens is 1. The van der Waals surface area contributed by atoms with Crippen molar-refractivity contribution in [3.63, 3.8) is 0 Å². The Hall–Kier alpha value is -6.62. The Bertz CT molecular complexity index is 2840. The summed E-state index contributed by atoms with van der Waals surface area (Å²) in [6.07, 6.45) is -6.67. The van der Waals surface area contributed by atoms with Crippen LogP contribution in [0.5, 0.6) is 0 Å². The molecule has 4 rings (SSSR count). The lowest BCUT2D eigenvalue weighted by atomic mass is 9.88. The minimum atomic E-state index is -1.47. The molecular weight excluding hydrogens is 1610 g/mol. The summed E-state index contributed by atoms with van der Waals surface area (Å²) in [4.78, 5) is 142. The van der Waals surface area contributed by atoms with Gasteiger partial charge >= 0.3 is 0 Å². The highest BCUT2D eigenvalue weighted by Gasteiger charge is 2.48. The topological polar surface area (TPSA) is 576 Å². The molecule has 17 atom stereocenters. The lowest BCUT2D eigenvalue weighted by molar-refractivity contribution is -0.270. The first-order valence-corrected chi connectivity index (χ1v) is 43.3. The zero-order valence-corrected chi connectivity index (χ0v) is 72.1. The fraction of sp³-hybridized carbons (Fsp3) is 0.864. The molecule has 0 bridgehead atoms. The first-order chi connectivity index (χ1) is 58.2. The van der Waals surface area contributed by atoms with Crippen LogP contribution in [0.3, 0.4) is 0 Å². The van der Waals surface area contributed by atoms with E-state index in [0.717, 1.165) is 32.1 Å². The number of nitrogens with one attached hydrogen (secondary N) is 10. The lowest BCUT2D eigenvalue weighted by Gasteiger charge is -2.42.